The zero-order valence-electron chi connectivity index (χ0n) is 23.4. The second kappa shape index (κ2) is 13.0. The highest BCUT2D eigenvalue weighted by Crippen LogP contribution is 2.38. The number of nitrogens with one attached hydrogen (secondary N) is 1. The van der Waals surface area contributed by atoms with Crippen molar-refractivity contribution in [1.29, 1.82) is 0 Å². The first-order valence-corrected chi connectivity index (χ1v) is 15.3. The Bertz CT molecular complexity index is 1730. The maximum atomic E-state index is 13.1. The maximum absolute atomic E-state index is 13.1. The van der Waals surface area contributed by atoms with Gasteiger partial charge in [0.1, 0.15) is 13.2 Å². The average molecular weight is 693 g/mol. The number of carbonyl (C=O) groups excluding carboxylic acids is 3. The first-order chi connectivity index (χ1) is 20.2. The summed E-state index contributed by atoms with van der Waals surface area (Å²) in [4.78, 5) is 39.7. The van der Waals surface area contributed by atoms with Gasteiger partial charge < -0.3 is 14.8 Å². The highest BCUT2D eigenvalue weighted by molar-refractivity contribution is 14.1. The standard InChI is InChI=1S/C33H29IN2O5S/c1-4-40-28-16-22(15-26(34)31(28)41-19-24-10-7-9-23-8-5-6-11-25(23)24)17-29-32(38)36(33(39)42-29)18-30(37)35-27-13-12-20(2)14-21(27)3/h5-17H,4,18-19H2,1-3H3,(H,35,37)/b29-17+. The number of aryl methyl sites for hydroxylation is 2. The number of ether oxygens (including phenoxy) is 2. The van der Waals surface area contributed by atoms with Gasteiger partial charge in [-0.05, 0) is 107 Å². The number of anilines is 1. The van der Waals surface area contributed by atoms with E-state index in [1.807, 2.05) is 69.3 Å². The van der Waals surface area contributed by atoms with E-state index in [4.69, 9.17) is 9.47 Å². The molecule has 4 aromatic rings. The van der Waals surface area contributed by atoms with Crippen LogP contribution in [0, 0.1) is 17.4 Å². The molecule has 1 N–H and O–H groups in total. The number of nitrogens with zero attached hydrogens (tertiary/aromatic N) is 1. The van der Waals surface area contributed by atoms with Crippen molar-refractivity contribution in [2.45, 2.75) is 27.4 Å². The van der Waals surface area contributed by atoms with Crippen molar-refractivity contribution >= 4 is 73.9 Å². The van der Waals surface area contributed by atoms with Crippen molar-refractivity contribution in [1.82, 2.24) is 4.90 Å². The van der Waals surface area contributed by atoms with Crippen LogP contribution in [0.4, 0.5) is 10.5 Å². The van der Waals surface area contributed by atoms with E-state index in [1.54, 1.807) is 12.1 Å². The Morgan fingerprint density at radius 1 is 1.00 bits per heavy atom. The number of hydrogen-bond donors (Lipinski definition) is 1. The molecule has 4 aromatic carbocycles. The van der Waals surface area contributed by atoms with E-state index in [-0.39, 0.29) is 11.4 Å². The summed E-state index contributed by atoms with van der Waals surface area (Å²) in [6.45, 7) is 6.18. The van der Waals surface area contributed by atoms with Gasteiger partial charge in [-0.3, -0.25) is 19.3 Å². The van der Waals surface area contributed by atoms with Crippen LogP contribution in [0.15, 0.2) is 77.7 Å². The fourth-order valence-corrected chi connectivity index (χ4v) is 6.34. The molecule has 0 saturated carbocycles. The highest BCUT2D eigenvalue weighted by atomic mass is 127. The van der Waals surface area contributed by atoms with Gasteiger partial charge in [0, 0.05) is 5.69 Å². The van der Waals surface area contributed by atoms with Crippen LogP contribution in [0.25, 0.3) is 16.8 Å². The molecule has 5 rings (SSSR count). The minimum absolute atomic E-state index is 0.238. The van der Waals surface area contributed by atoms with Crippen LogP contribution in [0.1, 0.15) is 29.2 Å². The highest BCUT2D eigenvalue weighted by Gasteiger charge is 2.36. The van der Waals surface area contributed by atoms with Crippen LogP contribution >= 0.6 is 34.4 Å². The molecule has 0 aromatic heterocycles. The lowest BCUT2D eigenvalue weighted by molar-refractivity contribution is -0.127. The summed E-state index contributed by atoms with van der Waals surface area (Å²) in [7, 11) is 0. The average Bonchev–Trinajstić information content (AvgIpc) is 3.21. The molecule has 9 heteroatoms. The molecule has 1 saturated heterocycles. The molecule has 1 aliphatic heterocycles. The number of thioether (sulfide) groups is 1. The van der Waals surface area contributed by atoms with Crippen molar-refractivity contribution in [2.75, 3.05) is 18.5 Å². The van der Waals surface area contributed by atoms with Crippen LogP contribution in [-0.2, 0) is 16.2 Å². The summed E-state index contributed by atoms with van der Waals surface area (Å²) in [6.07, 6.45) is 1.64. The molecule has 42 heavy (non-hydrogen) atoms. The van der Waals surface area contributed by atoms with E-state index in [2.05, 4.69) is 46.1 Å². The summed E-state index contributed by atoms with van der Waals surface area (Å²) >= 11 is 3.00. The number of fused-ring (bicyclic) bond motifs is 1. The molecule has 1 aliphatic rings. The fourth-order valence-electron chi connectivity index (χ4n) is 4.72. The molecule has 1 fully saturated rings. The van der Waals surface area contributed by atoms with Gasteiger partial charge in [-0.2, -0.15) is 0 Å². The van der Waals surface area contributed by atoms with E-state index in [0.29, 0.717) is 36.0 Å². The lowest BCUT2D eigenvalue weighted by Crippen LogP contribution is -2.36. The lowest BCUT2D eigenvalue weighted by atomic mass is 10.1. The Morgan fingerprint density at radius 3 is 2.57 bits per heavy atom. The number of imide groups is 1. The minimum Gasteiger partial charge on any atom is -0.490 e. The van der Waals surface area contributed by atoms with Crippen molar-refractivity contribution in [3.8, 4) is 11.5 Å². The lowest BCUT2D eigenvalue weighted by Gasteiger charge is -2.16. The number of halogens is 1. The zero-order valence-corrected chi connectivity index (χ0v) is 26.4. The first kappa shape index (κ1) is 29.7. The van der Waals surface area contributed by atoms with Crippen LogP contribution in [0.2, 0.25) is 0 Å². The van der Waals surface area contributed by atoms with Gasteiger partial charge in [-0.25, -0.2) is 0 Å². The quantitative estimate of drug-likeness (QED) is 0.143. The number of benzene rings is 4. The first-order valence-electron chi connectivity index (χ1n) is 13.4. The van der Waals surface area contributed by atoms with Crippen LogP contribution < -0.4 is 14.8 Å². The third kappa shape index (κ3) is 6.63. The molecular weight excluding hydrogens is 663 g/mol. The van der Waals surface area contributed by atoms with Gasteiger partial charge in [0.2, 0.25) is 5.91 Å². The molecule has 0 radical (unpaired) electrons. The van der Waals surface area contributed by atoms with Crippen molar-refractivity contribution in [3.63, 3.8) is 0 Å². The Balaban J connectivity index is 1.32. The predicted molar refractivity (Wildman–Crippen MR) is 176 cm³/mol. The summed E-state index contributed by atoms with van der Waals surface area (Å²) in [6, 6.07) is 23.6. The Labute approximate surface area is 262 Å². The second-order valence-corrected chi connectivity index (χ2v) is 12.0. The van der Waals surface area contributed by atoms with Crippen LogP contribution in [-0.4, -0.2) is 35.1 Å². The topological polar surface area (TPSA) is 84.9 Å². The number of rotatable bonds is 9. The fraction of sp³-hybridized carbons (Fsp3) is 0.182. The van der Waals surface area contributed by atoms with Crippen LogP contribution in [0.5, 0.6) is 11.5 Å². The van der Waals surface area contributed by atoms with Gasteiger partial charge in [-0.15, -0.1) is 0 Å². The monoisotopic (exact) mass is 692 g/mol. The van der Waals surface area contributed by atoms with E-state index in [0.717, 1.165) is 47.7 Å². The molecule has 0 bridgehead atoms. The molecule has 7 nitrogen and oxygen atoms in total. The van der Waals surface area contributed by atoms with Gasteiger partial charge in [0.05, 0.1) is 15.1 Å². The number of carbonyl (C=O) groups is 3. The van der Waals surface area contributed by atoms with Crippen molar-refractivity contribution in [3.05, 3.63) is 104 Å². The van der Waals surface area contributed by atoms with E-state index in [1.165, 1.54) is 0 Å². The van der Waals surface area contributed by atoms with Gasteiger partial charge in [-0.1, -0.05) is 60.2 Å². The number of hydrogen-bond acceptors (Lipinski definition) is 6. The SMILES string of the molecule is CCOc1cc(/C=C2/SC(=O)N(CC(=O)Nc3ccc(C)cc3C)C2=O)cc(I)c1OCc1cccc2ccccc12. The Hall–Kier alpha value is -3.83. The molecule has 3 amide bonds. The summed E-state index contributed by atoms with van der Waals surface area (Å²) < 4.78 is 13.0. The summed E-state index contributed by atoms with van der Waals surface area (Å²) in [5.74, 6) is 0.207. The summed E-state index contributed by atoms with van der Waals surface area (Å²) in [5, 5.41) is 4.58. The van der Waals surface area contributed by atoms with E-state index < -0.39 is 17.1 Å². The Kier molecular flexibility index (Phi) is 9.18. The van der Waals surface area contributed by atoms with Crippen molar-refractivity contribution in [2.24, 2.45) is 0 Å². The van der Waals surface area contributed by atoms with E-state index in [9.17, 15) is 14.4 Å². The predicted octanol–water partition coefficient (Wildman–Crippen LogP) is 7.71. The van der Waals surface area contributed by atoms with Crippen molar-refractivity contribution < 1.29 is 23.9 Å². The molecular formula is C33H29IN2O5S. The molecule has 0 aliphatic carbocycles. The largest absolute Gasteiger partial charge is 0.490 e. The summed E-state index contributed by atoms with van der Waals surface area (Å²) in [5.41, 5.74) is 4.37. The van der Waals surface area contributed by atoms with Gasteiger partial charge in [0.15, 0.2) is 11.5 Å². The molecule has 1 heterocycles. The van der Waals surface area contributed by atoms with Crippen LogP contribution in [0.3, 0.4) is 0 Å². The second-order valence-electron chi connectivity index (χ2n) is 9.82. The minimum atomic E-state index is -0.509. The normalized spacial score (nSPS) is 14.1. The smallest absolute Gasteiger partial charge is 0.294 e. The van der Waals surface area contributed by atoms with E-state index >= 15 is 0 Å². The molecule has 0 atom stereocenters. The Morgan fingerprint density at radius 2 is 1.79 bits per heavy atom. The zero-order chi connectivity index (χ0) is 29.8. The van der Waals surface area contributed by atoms with Gasteiger partial charge in [0.25, 0.3) is 11.1 Å². The number of amides is 3. The maximum Gasteiger partial charge on any atom is 0.294 e. The third-order valence-corrected chi connectivity index (χ3v) is 8.42. The molecule has 0 unspecified atom stereocenters. The third-order valence-electron chi connectivity index (χ3n) is 6.71. The molecule has 214 valence electrons. The van der Waals surface area contributed by atoms with Gasteiger partial charge >= 0.3 is 0 Å². The molecule has 0 spiro atoms.